The van der Waals surface area contributed by atoms with E-state index in [-0.39, 0.29) is 5.91 Å². The molecule has 0 spiro atoms. The number of rotatable bonds is 3. The molecule has 1 N–H and O–H groups in total. The number of aromatic amines is 1. The van der Waals surface area contributed by atoms with E-state index < -0.39 is 0 Å². The number of likely N-dealkylation sites (tertiary alicyclic amines) is 1. The van der Waals surface area contributed by atoms with Crippen LogP contribution in [0.5, 0.6) is 0 Å². The maximum Gasteiger partial charge on any atom is 0.254 e. The van der Waals surface area contributed by atoms with Crippen LogP contribution in [-0.2, 0) is 0 Å². The average Bonchev–Trinajstić information content (AvgIpc) is 3.35. The lowest BCUT2D eigenvalue weighted by Gasteiger charge is -2.19. The fourth-order valence-corrected chi connectivity index (χ4v) is 3.66. The molecule has 2 aromatic rings. The van der Waals surface area contributed by atoms with Gasteiger partial charge >= 0.3 is 0 Å². The Morgan fingerprint density at radius 1 is 1.25 bits per heavy atom. The molecule has 4 heterocycles. The van der Waals surface area contributed by atoms with Crippen molar-refractivity contribution in [2.75, 3.05) is 31.1 Å². The molecule has 6 heteroatoms. The normalized spacial score (nSPS) is 20.8. The van der Waals surface area contributed by atoms with Gasteiger partial charge in [0.1, 0.15) is 11.6 Å². The largest absolute Gasteiger partial charge is 0.357 e. The lowest BCUT2D eigenvalue weighted by molar-refractivity contribution is 0.0790. The minimum absolute atomic E-state index is 0.101. The molecule has 2 aliphatic heterocycles. The van der Waals surface area contributed by atoms with Crippen molar-refractivity contribution in [2.24, 2.45) is 0 Å². The molecule has 1 amide bonds. The SMILES string of the molecule is Cc1cnc([C@H]2CCN(C(=O)c3ccnc(N4CCCC4)c3)C2)[nH]1. The lowest BCUT2D eigenvalue weighted by Crippen LogP contribution is -2.29. The number of pyridine rings is 1. The second-order valence-electron chi connectivity index (χ2n) is 6.79. The maximum absolute atomic E-state index is 12.8. The minimum atomic E-state index is 0.101. The Bertz CT molecular complexity index is 735. The Kier molecular flexibility index (Phi) is 3.96. The second kappa shape index (κ2) is 6.26. The third kappa shape index (κ3) is 2.88. The highest BCUT2D eigenvalue weighted by Crippen LogP contribution is 2.27. The van der Waals surface area contributed by atoms with Crippen LogP contribution in [0.1, 0.15) is 47.1 Å². The molecule has 0 aliphatic carbocycles. The summed E-state index contributed by atoms with van der Waals surface area (Å²) in [5.74, 6) is 2.33. The number of hydrogen-bond acceptors (Lipinski definition) is 4. The number of carbonyl (C=O) groups excluding carboxylic acids is 1. The standard InChI is InChI=1S/C18H23N5O/c1-13-11-20-17(21-13)15-5-9-23(12-15)18(24)14-4-6-19-16(10-14)22-7-2-3-8-22/h4,6,10-11,15H,2-3,5,7-9,12H2,1H3,(H,20,21)/t15-/m0/s1. The molecule has 2 aromatic heterocycles. The highest BCUT2D eigenvalue weighted by Gasteiger charge is 2.30. The molecule has 2 aliphatic rings. The number of aromatic nitrogens is 3. The zero-order valence-electron chi connectivity index (χ0n) is 14.0. The summed E-state index contributed by atoms with van der Waals surface area (Å²) in [4.78, 5) is 29.2. The van der Waals surface area contributed by atoms with Crippen LogP contribution in [0.25, 0.3) is 0 Å². The van der Waals surface area contributed by atoms with E-state index in [2.05, 4.69) is 19.9 Å². The van der Waals surface area contributed by atoms with Gasteiger partial charge in [0.15, 0.2) is 0 Å². The summed E-state index contributed by atoms with van der Waals surface area (Å²) in [6, 6.07) is 3.77. The summed E-state index contributed by atoms with van der Waals surface area (Å²) >= 11 is 0. The Morgan fingerprint density at radius 2 is 2.08 bits per heavy atom. The first kappa shape index (κ1) is 15.2. The summed E-state index contributed by atoms with van der Waals surface area (Å²) in [7, 11) is 0. The quantitative estimate of drug-likeness (QED) is 0.941. The number of hydrogen-bond donors (Lipinski definition) is 1. The fraction of sp³-hybridized carbons (Fsp3) is 0.500. The predicted octanol–water partition coefficient (Wildman–Crippen LogP) is 2.34. The van der Waals surface area contributed by atoms with Crippen molar-refractivity contribution >= 4 is 11.7 Å². The minimum Gasteiger partial charge on any atom is -0.357 e. The number of amides is 1. The van der Waals surface area contributed by atoms with Gasteiger partial charge in [-0.05, 0) is 38.3 Å². The van der Waals surface area contributed by atoms with E-state index in [9.17, 15) is 4.79 Å². The number of anilines is 1. The van der Waals surface area contributed by atoms with Crippen molar-refractivity contribution in [3.8, 4) is 0 Å². The predicted molar refractivity (Wildman–Crippen MR) is 92.3 cm³/mol. The van der Waals surface area contributed by atoms with Crippen LogP contribution in [0.4, 0.5) is 5.82 Å². The molecule has 126 valence electrons. The summed E-state index contributed by atoms with van der Waals surface area (Å²) < 4.78 is 0. The van der Waals surface area contributed by atoms with Crippen LogP contribution >= 0.6 is 0 Å². The third-order valence-corrected chi connectivity index (χ3v) is 5.01. The molecule has 2 fully saturated rings. The van der Waals surface area contributed by atoms with Gasteiger partial charge in [0.25, 0.3) is 5.91 Å². The molecule has 1 atom stereocenters. The van der Waals surface area contributed by atoms with Gasteiger partial charge in [-0.2, -0.15) is 0 Å². The van der Waals surface area contributed by atoms with Gasteiger partial charge in [-0.25, -0.2) is 9.97 Å². The van der Waals surface area contributed by atoms with Crippen molar-refractivity contribution < 1.29 is 4.79 Å². The number of imidazole rings is 1. The van der Waals surface area contributed by atoms with Crippen molar-refractivity contribution in [1.29, 1.82) is 0 Å². The van der Waals surface area contributed by atoms with Crippen molar-refractivity contribution in [2.45, 2.75) is 32.1 Å². The summed E-state index contributed by atoms with van der Waals surface area (Å²) in [5.41, 5.74) is 1.81. The van der Waals surface area contributed by atoms with Gasteiger partial charge < -0.3 is 14.8 Å². The molecule has 6 nitrogen and oxygen atoms in total. The van der Waals surface area contributed by atoms with E-state index in [0.717, 1.165) is 55.5 Å². The first-order valence-corrected chi connectivity index (χ1v) is 8.72. The first-order chi connectivity index (χ1) is 11.7. The molecular formula is C18H23N5O. The monoisotopic (exact) mass is 325 g/mol. The van der Waals surface area contributed by atoms with Crippen molar-refractivity contribution in [3.63, 3.8) is 0 Å². The van der Waals surface area contributed by atoms with Crippen LogP contribution in [0.15, 0.2) is 24.5 Å². The molecule has 24 heavy (non-hydrogen) atoms. The van der Waals surface area contributed by atoms with Crippen LogP contribution in [0.3, 0.4) is 0 Å². The molecule has 0 aromatic carbocycles. The average molecular weight is 325 g/mol. The number of aryl methyl sites for hydroxylation is 1. The Balaban J connectivity index is 1.47. The molecule has 4 rings (SSSR count). The number of carbonyl (C=O) groups is 1. The van der Waals surface area contributed by atoms with Gasteiger partial charge in [-0.1, -0.05) is 0 Å². The highest BCUT2D eigenvalue weighted by molar-refractivity contribution is 5.95. The highest BCUT2D eigenvalue weighted by atomic mass is 16.2. The smallest absolute Gasteiger partial charge is 0.254 e. The van der Waals surface area contributed by atoms with Crippen LogP contribution < -0.4 is 4.90 Å². The van der Waals surface area contributed by atoms with E-state index in [4.69, 9.17) is 0 Å². The van der Waals surface area contributed by atoms with Gasteiger partial charge in [-0.15, -0.1) is 0 Å². The van der Waals surface area contributed by atoms with E-state index >= 15 is 0 Å². The van der Waals surface area contributed by atoms with Crippen LogP contribution in [0.2, 0.25) is 0 Å². The molecule has 0 unspecified atom stereocenters. The zero-order chi connectivity index (χ0) is 16.5. The maximum atomic E-state index is 12.8. The molecule has 0 radical (unpaired) electrons. The molecular weight excluding hydrogens is 302 g/mol. The van der Waals surface area contributed by atoms with E-state index in [1.54, 1.807) is 6.20 Å². The Labute approximate surface area is 141 Å². The molecule has 0 saturated carbocycles. The van der Waals surface area contributed by atoms with E-state index in [1.165, 1.54) is 12.8 Å². The van der Waals surface area contributed by atoms with Crippen LogP contribution in [0, 0.1) is 6.92 Å². The van der Waals surface area contributed by atoms with Gasteiger partial charge in [0.05, 0.1) is 0 Å². The molecule has 0 bridgehead atoms. The first-order valence-electron chi connectivity index (χ1n) is 8.72. The lowest BCUT2D eigenvalue weighted by atomic mass is 10.1. The summed E-state index contributed by atoms with van der Waals surface area (Å²) in [6.07, 6.45) is 6.98. The summed E-state index contributed by atoms with van der Waals surface area (Å²) in [6.45, 7) is 5.59. The summed E-state index contributed by atoms with van der Waals surface area (Å²) in [5, 5.41) is 0. The number of nitrogens with one attached hydrogen (secondary N) is 1. The van der Waals surface area contributed by atoms with Crippen molar-refractivity contribution in [3.05, 3.63) is 41.6 Å². The molecule has 2 saturated heterocycles. The third-order valence-electron chi connectivity index (χ3n) is 5.01. The van der Waals surface area contributed by atoms with Gasteiger partial charge in [0.2, 0.25) is 0 Å². The van der Waals surface area contributed by atoms with Crippen molar-refractivity contribution in [1.82, 2.24) is 19.9 Å². The number of nitrogens with zero attached hydrogens (tertiary/aromatic N) is 4. The van der Waals surface area contributed by atoms with Gasteiger partial charge in [0, 0.05) is 55.7 Å². The van der Waals surface area contributed by atoms with E-state index in [1.807, 2.05) is 30.2 Å². The fourth-order valence-electron chi connectivity index (χ4n) is 3.66. The Morgan fingerprint density at radius 3 is 2.83 bits per heavy atom. The van der Waals surface area contributed by atoms with Crippen LogP contribution in [-0.4, -0.2) is 51.9 Å². The second-order valence-corrected chi connectivity index (χ2v) is 6.79. The van der Waals surface area contributed by atoms with Gasteiger partial charge in [-0.3, -0.25) is 4.79 Å². The van der Waals surface area contributed by atoms with E-state index in [0.29, 0.717) is 5.92 Å². The number of H-pyrrole nitrogens is 1. The Hall–Kier alpha value is -2.37. The zero-order valence-corrected chi connectivity index (χ0v) is 14.0. The topological polar surface area (TPSA) is 65.1 Å².